The van der Waals surface area contributed by atoms with Crippen molar-refractivity contribution in [1.82, 2.24) is 15.2 Å². The number of pyridine rings is 1. The zero-order valence-corrected chi connectivity index (χ0v) is 11.8. The van der Waals surface area contributed by atoms with Crippen LogP contribution in [0.4, 0.5) is 0 Å². The van der Waals surface area contributed by atoms with Crippen LogP contribution in [0.3, 0.4) is 0 Å². The first-order valence-electron chi connectivity index (χ1n) is 7.11. The molecule has 0 saturated carbocycles. The molecule has 0 spiro atoms. The number of carbonyl (C=O) groups is 1. The molecule has 1 aliphatic rings. The van der Waals surface area contributed by atoms with Gasteiger partial charge < -0.3 is 10.2 Å². The number of hydrogen-bond donors (Lipinski definition) is 1. The lowest BCUT2D eigenvalue weighted by Crippen LogP contribution is -2.34. The molecule has 1 unspecified atom stereocenters. The molecule has 2 rings (SSSR count). The molecule has 0 bridgehead atoms. The maximum Gasteiger partial charge on any atom is 0.224 e. The van der Waals surface area contributed by atoms with Gasteiger partial charge in [-0.05, 0) is 24.5 Å². The van der Waals surface area contributed by atoms with Crippen LogP contribution in [0.2, 0.25) is 0 Å². The predicted molar refractivity (Wildman–Crippen MR) is 75.7 cm³/mol. The number of carbonyl (C=O) groups excluding carboxylic acids is 1. The Morgan fingerprint density at radius 1 is 1.58 bits per heavy atom. The fourth-order valence-electron chi connectivity index (χ4n) is 2.60. The minimum atomic E-state index is 0.222. The van der Waals surface area contributed by atoms with Crippen molar-refractivity contribution >= 4 is 5.91 Å². The third kappa shape index (κ3) is 3.77. The standard InChI is InChI=1S/C15H23N3O/c1-12(2)17-9-7-15(19)18-10-4-6-14(18)13-5-3-8-16-11-13/h3,5,8,11-12,14,17H,4,6-7,9-10H2,1-2H3. The number of aromatic nitrogens is 1. The van der Waals surface area contributed by atoms with Gasteiger partial charge in [0.1, 0.15) is 0 Å². The molecule has 2 heterocycles. The zero-order chi connectivity index (χ0) is 13.7. The highest BCUT2D eigenvalue weighted by molar-refractivity contribution is 5.77. The Labute approximate surface area is 115 Å². The lowest BCUT2D eigenvalue weighted by Gasteiger charge is -2.25. The molecule has 1 saturated heterocycles. The van der Waals surface area contributed by atoms with Crippen LogP contribution in [0.1, 0.15) is 44.7 Å². The Morgan fingerprint density at radius 2 is 2.42 bits per heavy atom. The third-order valence-electron chi connectivity index (χ3n) is 3.53. The van der Waals surface area contributed by atoms with E-state index >= 15 is 0 Å². The molecule has 1 amide bonds. The summed E-state index contributed by atoms with van der Waals surface area (Å²) in [7, 11) is 0. The van der Waals surface area contributed by atoms with Gasteiger partial charge >= 0.3 is 0 Å². The van der Waals surface area contributed by atoms with Gasteiger partial charge in [0.15, 0.2) is 0 Å². The van der Waals surface area contributed by atoms with E-state index in [1.165, 1.54) is 0 Å². The van der Waals surface area contributed by atoms with Gasteiger partial charge in [-0.3, -0.25) is 9.78 Å². The Balaban J connectivity index is 1.93. The molecule has 0 aromatic carbocycles. The summed E-state index contributed by atoms with van der Waals surface area (Å²) in [6.45, 7) is 5.82. The Morgan fingerprint density at radius 3 is 3.11 bits per heavy atom. The Kier molecular flexibility index (Phi) is 4.91. The molecule has 1 aliphatic heterocycles. The molecular formula is C15H23N3O. The average molecular weight is 261 g/mol. The quantitative estimate of drug-likeness (QED) is 0.883. The van der Waals surface area contributed by atoms with E-state index in [1.54, 1.807) is 6.20 Å². The number of rotatable bonds is 5. The summed E-state index contributed by atoms with van der Waals surface area (Å²) in [6, 6.07) is 4.66. The molecule has 104 valence electrons. The van der Waals surface area contributed by atoms with E-state index in [4.69, 9.17) is 0 Å². The summed E-state index contributed by atoms with van der Waals surface area (Å²) in [4.78, 5) is 18.4. The van der Waals surface area contributed by atoms with Crippen molar-refractivity contribution in [2.24, 2.45) is 0 Å². The fourth-order valence-corrected chi connectivity index (χ4v) is 2.60. The molecule has 1 aromatic rings. The van der Waals surface area contributed by atoms with Crippen molar-refractivity contribution in [2.45, 2.75) is 45.2 Å². The van der Waals surface area contributed by atoms with E-state index in [-0.39, 0.29) is 11.9 Å². The van der Waals surface area contributed by atoms with Crippen LogP contribution in [0, 0.1) is 0 Å². The number of nitrogens with one attached hydrogen (secondary N) is 1. The van der Waals surface area contributed by atoms with Crippen LogP contribution in [-0.4, -0.2) is 34.9 Å². The molecular weight excluding hydrogens is 238 g/mol. The second-order valence-corrected chi connectivity index (χ2v) is 5.39. The lowest BCUT2D eigenvalue weighted by molar-refractivity contribution is -0.132. The molecule has 4 nitrogen and oxygen atoms in total. The van der Waals surface area contributed by atoms with Crippen molar-refractivity contribution in [3.05, 3.63) is 30.1 Å². The number of amides is 1. The van der Waals surface area contributed by atoms with Gasteiger partial charge in [0.2, 0.25) is 5.91 Å². The maximum atomic E-state index is 12.3. The topological polar surface area (TPSA) is 45.2 Å². The Hall–Kier alpha value is -1.42. The first-order chi connectivity index (χ1) is 9.18. The first-order valence-corrected chi connectivity index (χ1v) is 7.11. The molecule has 1 N–H and O–H groups in total. The summed E-state index contributed by atoms with van der Waals surface area (Å²) < 4.78 is 0. The highest BCUT2D eigenvalue weighted by atomic mass is 16.2. The van der Waals surface area contributed by atoms with E-state index in [0.29, 0.717) is 12.5 Å². The van der Waals surface area contributed by atoms with Gasteiger partial charge in [-0.25, -0.2) is 0 Å². The number of likely N-dealkylation sites (tertiary alicyclic amines) is 1. The highest BCUT2D eigenvalue weighted by Crippen LogP contribution is 2.31. The number of nitrogens with zero attached hydrogens (tertiary/aromatic N) is 2. The van der Waals surface area contributed by atoms with Crippen LogP contribution in [0.5, 0.6) is 0 Å². The minimum absolute atomic E-state index is 0.222. The van der Waals surface area contributed by atoms with Crippen LogP contribution in [-0.2, 0) is 4.79 Å². The fraction of sp³-hybridized carbons (Fsp3) is 0.600. The Bertz CT molecular complexity index is 405. The largest absolute Gasteiger partial charge is 0.336 e. The van der Waals surface area contributed by atoms with E-state index in [0.717, 1.165) is 31.5 Å². The highest BCUT2D eigenvalue weighted by Gasteiger charge is 2.29. The predicted octanol–water partition coefficient (Wildman–Crippen LogP) is 2.13. The minimum Gasteiger partial charge on any atom is -0.336 e. The molecule has 1 fully saturated rings. The van der Waals surface area contributed by atoms with E-state index in [1.807, 2.05) is 17.2 Å². The van der Waals surface area contributed by atoms with Gasteiger partial charge in [0.25, 0.3) is 0 Å². The van der Waals surface area contributed by atoms with Crippen LogP contribution < -0.4 is 5.32 Å². The first kappa shape index (κ1) is 14.0. The normalized spacial score (nSPS) is 19.1. The summed E-state index contributed by atoms with van der Waals surface area (Å²) in [5, 5.41) is 3.29. The molecule has 0 aliphatic carbocycles. The van der Waals surface area contributed by atoms with Crippen molar-refractivity contribution < 1.29 is 4.79 Å². The molecule has 19 heavy (non-hydrogen) atoms. The van der Waals surface area contributed by atoms with Gasteiger partial charge in [-0.1, -0.05) is 19.9 Å². The average Bonchev–Trinajstić information content (AvgIpc) is 2.88. The van der Waals surface area contributed by atoms with Crippen LogP contribution in [0.15, 0.2) is 24.5 Å². The molecule has 1 aromatic heterocycles. The summed E-state index contributed by atoms with van der Waals surface area (Å²) >= 11 is 0. The van der Waals surface area contributed by atoms with Crippen molar-refractivity contribution in [2.75, 3.05) is 13.1 Å². The van der Waals surface area contributed by atoms with Gasteiger partial charge in [-0.2, -0.15) is 0 Å². The second-order valence-electron chi connectivity index (χ2n) is 5.39. The second kappa shape index (κ2) is 6.66. The summed E-state index contributed by atoms with van der Waals surface area (Å²) in [5.74, 6) is 0.250. The molecule has 1 atom stereocenters. The van der Waals surface area contributed by atoms with Crippen molar-refractivity contribution in [1.29, 1.82) is 0 Å². The summed E-state index contributed by atoms with van der Waals surface area (Å²) in [6.07, 6.45) is 6.37. The maximum absolute atomic E-state index is 12.3. The third-order valence-corrected chi connectivity index (χ3v) is 3.53. The molecule has 4 heteroatoms. The van der Waals surface area contributed by atoms with E-state index < -0.39 is 0 Å². The van der Waals surface area contributed by atoms with Gasteiger partial charge in [0, 0.05) is 37.9 Å². The van der Waals surface area contributed by atoms with Crippen LogP contribution in [0.25, 0.3) is 0 Å². The molecule has 0 radical (unpaired) electrons. The van der Waals surface area contributed by atoms with Crippen molar-refractivity contribution in [3.63, 3.8) is 0 Å². The van der Waals surface area contributed by atoms with E-state index in [9.17, 15) is 4.79 Å². The lowest BCUT2D eigenvalue weighted by atomic mass is 10.1. The van der Waals surface area contributed by atoms with Gasteiger partial charge in [-0.15, -0.1) is 0 Å². The van der Waals surface area contributed by atoms with E-state index in [2.05, 4.69) is 30.2 Å². The van der Waals surface area contributed by atoms with Crippen LogP contribution >= 0.6 is 0 Å². The number of hydrogen-bond acceptors (Lipinski definition) is 3. The smallest absolute Gasteiger partial charge is 0.224 e. The van der Waals surface area contributed by atoms with Gasteiger partial charge in [0.05, 0.1) is 6.04 Å². The van der Waals surface area contributed by atoms with Crippen molar-refractivity contribution in [3.8, 4) is 0 Å². The SMILES string of the molecule is CC(C)NCCC(=O)N1CCCC1c1cccnc1. The monoisotopic (exact) mass is 261 g/mol. The zero-order valence-electron chi connectivity index (χ0n) is 11.8. The summed E-state index contributed by atoms with van der Waals surface area (Å²) in [5.41, 5.74) is 1.16.